The van der Waals surface area contributed by atoms with Gasteiger partial charge in [0.1, 0.15) is 0 Å². The van der Waals surface area contributed by atoms with Crippen molar-refractivity contribution in [2.24, 2.45) is 0 Å². The normalized spacial score (nSPS) is 13.9. The second-order valence-electron chi connectivity index (χ2n) is 5.67. The topological polar surface area (TPSA) is 73.6 Å². The van der Waals surface area contributed by atoms with Crippen molar-refractivity contribution in [1.82, 2.24) is 4.90 Å². The molecule has 1 aliphatic rings. The van der Waals surface area contributed by atoms with Crippen molar-refractivity contribution in [3.05, 3.63) is 77.3 Å². The molecule has 6 heteroatoms. The average Bonchev–Trinajstić information content (AvgIpc) is 2.67. The number of ether oxygens (including phenoxy) is 1. The zero-order valence-electron chi connectivity index (χ0n) is 13.6. The van der Waals surface area contributed by atoms with Crippen LogP contribution in [0.15, 0.2) is 60.8 Å². The highest BCUT2D eigenvalue weighted by atomic mass is 16.5. The third-order valence-corrected chi connectivity index (χ3v) is 4.07. The van der Waals surface area contributed by atoms with Gasteiger partial charge in [0.2, 0.25) is 0 Å². The Balaban J connectivity index is 1.54. The molecule has 1 aromatic carbocycles. The highest BCUT2D eigenvalue weighted by Crippen LogP contribution is 2.21. The third kappa shape index (κ3) is 4.03. The summed E-state index contributed by atoms with van der Waals surface area (Å²) in [5.74, 6) is -1.08. The standard InChI is InChI=1S/C19H18N2O4/c22-18(14-25-19(23)17-8-4-5-11-21(17)24)20-12-9-16(10-13-20)15-6-2-1-3-7-15/h1-9,11H,10,12-14H2. The molecule has 1 amide bonds. The molecule has 0 aliphatic carbocycles. The maximum absolute atomic E-state index is 12.2. The van der Waals surface area contributed by atoms with Gasteiger partial charge in [0.05, 0.1) is 0 Å². The highest BCUT2D eigenvalue weighted by Gasteiger charge is 2.22. The Hall–Kier alpha value is -3.15. The first-order valence-electron chi connectivity index (χ1n) is 8.02. The number of hydrogen-bond donors (Lipinski definition) is 0. The predicted octanol–water partition coefficient (Wildman–Crippen LogP) is 1.79. The highest BCUT2D eigenvalue weighted by molar-refractivity contribution is 5.88. The zero-order chi connectivity index (χ0) is 17.6. The molecule has 128 valence electrons. The van der Waals surface area contributed by atoms with E-state index in [2.05, 4.69) is 0 Å². The third-order valence-electron chi connectivity index (χ3n) is 4.07. The fourth-order valence-corrected chi connectivity index (χ4v) is 2.69. The Bertz CT molecular complexity index is 802. The van der Waals surface area contributed by atoms with Crippen LogP contribution in [0, 0.1) is 5.21 Å². The minimum Gasteiger partial charge on any atom is -0.618 e. The maximum Gasteiger partial charge on any atom is 0.405 e. The summed E-state index contributed by atoms with van der Waals surface area (Å²) < 4.78 is 5.38. The molecule has 0 saturated heterocycles. The molecular weight excluding hydrogens is 320 g/mol. The van der Waals surface area contributed by atoms with Crippen molar-refractivity contribution in [3.8, 4) is 0 Å². The molecule has 3 rings (SSSR count). The Morgan fingerprint density at radius 3 is 2.56 bits per heavy atom. The summed E-state index contributed by atoms with van der Waals surface area (Å²) in [6.45, 7) is 0.680. The quantitative estimate of drug-likeness (QED) is 0.484. The minimum atomic E-state index is -0.804. The first-order valence-corrected chi connectivity index (χ1v) is 8.02. The number of aromatic nitrogens is 1. The van der Waals surface area contributed by atoms with E-state index >= 15 is 0 Å². The molecule has 0 bridgehead atoms. The molecule has 0 unspecified atom stereocenters. The van der Waals surface area contributed by atoms with Crippen LogP contribution in [0.5, 0.6) is 0 Å². The van der Waals surface area contributed by atoms with Crippen molar-refractivity contribution >= 4 is 17.4 Å². The molecule has 2 heterocycles. The van der Waals surface area contributed by atoms with Crippen molar-refractivity contribution in [2.45, 2.75) is 6.42 Å². The minimum absolute atomic E-state index is 0.139. The van der Waals surface area contributed by atoms with Gasteiger partial charge in [-0.25, -0.2) is 4.79 Å². The summed E-state index contributed by atoms with van der Waals surface area (Å²) in [7, 11) is 0. The lowest BCUT2D eigenvalue weighted by molar-refractivity contribution is -0.608. The Kier molecular flexibility index (Phi) is 5.09. The molecular formula is C19H18N2O4. The average molecular weight is 338 g/mol. The van der Waals surface area contributed by atoms with Crippen LogP contribution < -0.4 is 4.73 Å². The molecule has 0 fully saturated rings. The largest absolute Gasteiger partial charge is 0.618 e. The van der Waals surface area contributed by atoms with Gasteiger partial charge >= 0.3 is 11.7 Å². The number of esters is 1. The number of nitrogens with zero attached hydrogens (tertiary/aromatic N) is 2. The molecule has 25 heavy (non-hydrogen) atoms. The van der Waals surface area contributed by atoms with E-state index in [1.165, 1.54) is 23.9 Å². The molecule has 1 aliphatic heterocycles. The molecule has 1 aromatic heterocycles. The Morgan fingerprint density at radius 1 is 1.12 bits per heavy atom. The molecule has 0 spiro atoms. The number of amides is 1. The van der Waals surface area contributed by atoms with Crippen LogP contribution in [0.3, 0.4) is 0 Å². The van der Waals surface area contributed by atoms with Crippen LogP contribution in [0.1, 0.15) is 22.5 Å². The van der Waals surface area contributed by atoms with E-state index in [-0.39, 0.29) is 18.2 Å². The summed E-state index contributed by atoms with van der Waals surface area (Å²) in [5, 5.41) is 11.5. The van der Waals surface area contributed by atoms with Gasteiger partial charge in [-0.1, -0.05) is 36.4 Å². The van der Waals surface area contributed by atoms with E-state index in [0.29, 0.717) is 17.8 Å². The number of carbonyl (C=O) groups excluding carboxylic acids is 2. The van der Waals surface area contributed by atoms with E-state index in [1.807, 2.05) is 36.4 Å². The second kappa shape index (κ2) is 7.61. The van der Waals surface area contributed by atoms with Gasteiger partial charge in [0, 0.05) is 25.2 Å². The first-order chi connectivity index (χ1) is 12.1. The van der Waals surface area contributed by atoms with E-state index in [1.54, 1.807) is 11.0 Å². The molecule has 0 atom stereocenters. The number of hydrogen-bond acceptors (Lipinski definition) is 4. The van der Waals surface area contributed by atoms with Gasteiger partial charge in [0.25, 0.3) is 5.91 Å². The lowest BCUT2D eigenvalue weighted by Crippen LogP contribution is -2.39. The zero-order valence-corrected chi connectivity index (χ0v) is 13.6. The van der Waals surface area contributed by atoms with Crippen molar-refractivity contribution in [2.75, 3.05) is 19.7 Å². The maximum atomic E-state index is 12.2. The van der Waals surface area contributed by atoms with Crippen LogP contribution >= 0.6 is 0 Å². The fourth-order valence-electron chi connectivity index (χ4n) is 2.69. The second-order valence-corrected chi connectivity index (χ2v) is 5.67. The molecule has 2 aromatic rings. The lowest BCUT2D eigenvalue weighted by atomic mass is 10.00. The number of carbonyl (C=O) groups is 2. The Labute approximate surface area is 145 Å². The SMILES string of the molecule is O=C(OCC(=O)N1CC=C(c2ccccc2)CC1)c1cccc[n+]1[O-]. The number of benzene rings is 1. The van der Waals surface area contributed by atoms with Crippen LogP contribution in [0.4, 0.5) is 0 Å². The smallest absolute Gasteiger partial charge is 0.405 e. The van der Waals surface area contributed by atoms with Gasteiger partial charge in [-0.15, -0.1) is 0 Å². The predicted molar refractivity (Wildman–Crippen MR) is 91.3 cm³/mol. The van der Waals surface area contributed by atoms with Gasteiger partial charge in [-0.3, -0.25) is 4.79 Å². The molecule has 6 nitrogen and oxygen atoms in total. The van der Waals surface area contributed by atoms with Gasteiger partial charge in [0.15, 0.2) is 12.8 Å². The van der Waals surface area contributed by atoms with Gasteiger partial charge < -0.3 is 14.8 Å². The van der Waals surface area contributed by atoms with Gasteiger partial charge in [-0.2, -0.15) is 4.73 Å². The summed E-state index contributed by atoms with van der Waals surface area (Å²) in [6.07, 6.45) is 3.98. The Morgan fingerprint density at radius 2 is 1.88 bits per heavy atom. The van der Waals surface area contributed by atoms with Crippen molar-refractivity contribution < 1.29 is 19.1 Å². The van der Waals surface area contributed by atoms with Crippen LogP contribution in [-0.2, 0) is 9.53 Å². The number of rotatable bonds is 4. The first kappa shape index (κ1) is 16.7. The van der Waals surface area contributed by atoms with Crippen molar-refractivity contribution in [3.63, 3.8) is 0 Å². The lowest BCUT2D eigenvalue weighted by Gasteiger charge is -2.26. The monoisotopic (exact) mass is 338 g/mol. The molecule has 0 radical (unpaired) electrons. The summed E-state index contributed by atoms with van der Waals surface area (Å²) in [5.41, 5.74) is 2.23. The van der Waals surface area contributed by atoms with E-state index < -0.39 is 5.97 Å². The molecule has 0 saturated carbocycles. The molecule has 0 N–H and O–H groups in total. The van der Waals surface area contributed by atoms with E-state index in [4.69, 9.17) is 4.74 Å². The summed E-state index contributed by atoms with van der Waals surface area (Å²) in [6, 6.07) is 14.5. The summed E-state index contributed by atoms with van der Waals surface area (Å²) >= 11 is 0. The van der Waals surface area contributed by atoms with Gasteiger partial charge in [-0.05, 0) is 23.6 Å². The number of pyridine rings is 1. The van der Waals surface area contributed by atoms with Crippen LogP contribution in [0.2, 0.25) is 0 Å². The van der Waals surface area contributed by atoms with E-state index in [0.717, 1.165) is 12.0 Å². The summed E-state index contributed by atoms with van der Waals surface area (Å²) in [4.78, 5) is 25.7. The van der Waals surface area contributed by atoms with E-state index in [9.17, 15) is 14.8 Å². The van der Waals surface area contributed by atoms with Crippen LogP contribution in [0.25, 0.3) is 5.57 Å². The van der Waals surface area contributed by atoms with Crippen LogP contribution in [-0.4, -0.2) is 36.5 Å². The fraction of sp³-hybridized carbons (Fsp3) is 0.211. The van der Waals surface area contributed by atoms with Crippen molar-refractivity contribution in [1.29, 1.82) is 0 Å².